The number of aromatic nitrogens is 2. The van der Waals surface area contributed by atoms with E-state index < -0.39 is 17.9 Å². The molecular formula is C9H14F3N3O4. The van der Waals surface area contributed by atoms with Crippen LogP contribution in [0.5, 0.6) is 0 Å². The molecule has 1 aromatic heterocycles. The number of carboxylic acids is 1. The number of halogens is 3. The highest BCUT2D eigenvalue weighted by molar-refractivity contribution is 5.73. The number of hydrogen-bond acceptors (Lipinski definition) is 5. The molecule has 4 N–H and O–H groups in total. The minimum atomic E-state index is -5.08. The number of H-pyrrole nitrogens is 1. The molecule has 7 nitrogen and oxygen atoms in total. The minimum absolute atomic E-state index is 0.00532. The highest BCUT2D eigenvalue weighted by Crippen LogP contribution is 2.13. The second-order valence-electron chi connectivity index (χ2n) is 3.96. The van der Waals surface area contributed by atoms with Gasteiger partial charge in [-0.3, -0.25) is 9.51 Å². The minimum Gasteiger partial charge on any atom is -0.475 e. The first-order valence-electron chi connectivity index (χ1n) is 5.14. The molecular weight excluding hydrogens is 271 g/mol. The number of carboxylic acid groups (broad SMARTS) is 1. The summed E-state index contributed by atoms with van der Waals surface area (Å²) in [6, 6.07) is 0.00532. The van der Waals surface area contributed by atoms with Gasteiger partial charge in [0.2, 0.25) is 0 Å². The summed E-state index contributed by atoms with van der Waals surface area (Å²) in [6.07, 6.45) is -4.54. The fourth-order valence-corrected chi connectivity index (χ4v) is 0.807. The molecule has 1 heterocycles. The summed E-state index contributed by atoms with van der Waals surface area (Å²) < 4.78 is 36.1. The average molecular weight is 285 g/mol. The van der Waals surface area contributed by atoms with Crippen molar-refractivity contribution in [1.82, 2.24) is 10.1 Å². The van der Waals surface area contributed by atoms with E-state index >= 15 is 0 Å². The Bertz CT molecular complexity index is 452. The monoisotopic (exact) mass is 285 g/mol. The fraction of sp³-hybridized carbons (Fsp3) is 0.667. The van der Waals surface area contributed by atoms with Crippen LogP contribution in [-0.4, -0.2) is 33.4 Å². The summed E-state index contributed by atoms with van der Waals surface area (Å²) in [5.41, 5.74) is 5.75. The molecule has 0 saturated heterocycles. The van der Waals surface area contributed by atoms with Gasteiger partial charge in [-0.05, 0) is 5.92 Å². The molecule has 0 aromatic carbocycles. The Kier molecular flexibility index (Phi) is 6.25. The number of nitrogens with one attached hydrogen (secondary N) is 1. The smallest absolute Gasteiger partial charge is 0.475 e. The van der Waals surface area contributed by atoms with E-state index in [1.165, 1.54) is 0 Å². The molecule has 0 amide bonds. The fourth-order valence-electron chi connectivity index (χ4n) is 0.807. The zero-order valence-corrected chi connectivity index (χ0v) is 10.2. The number of aromatic amines is 1. The van der Waals surface area contributed by atoms with Crippen LogP contribution >= 0.6 is 0 Å². The maximum atomic E-state index is 10.6. The topological polar surface area (TPSA) is 122 Å². The van der Waals surface area contributed by atoms with Gasteiger partial charge < -0.3 is 10.8 Å². The van der Waals surface area contributed by atoms with E-state index in [4.69, 9.17) is 15.6 Å². The Hall–Kier alpha value is -1.84. The van der Waals surface area contributed by atoms with Gasteiger partial charge in [0.05, 0.1) is 0 Å². The SMILES string of the molecule is CC(C)C(N)Cc1noc(=O)[nH]1.O=C(O)C(F)(F)F. The molecule has 0 radical (unpaired) electrons. The van der Waals surface area contributed by atoms with E-state index in [0.717, 1.165) is 0 Å². The van der Waals surface area contributed by atoms with Crippen LogP contribution in [0.15, 0.2) is 9.32 Å². The van der Waals surface area contributed by atoms with Gasteiger partial charge in [-0.15, -0.1) is 0 Å². The molecule has 1 aromatic rings. The van der Waals surface area contributed by atoms with Crippen LogP contribution in [0, 0.1) is 5.92 Å². The standard InChI is InChI=1S/C7H13N3O2.C2HF3O2/c1-4(2)5(8)3-6-9-7(11)12-10-6;3-2(4,5)1(6)7/h4-5H,3,8H2,1-2H3,(H,9,10,11);(H,6,7). The molecule has 19 heavy (non-hydrogen) atoms. The molecule has 0 aliphatic rings. The lowest BCUT2D eigenvalue weighted by Crippen LogP contribution is -2.29. The van der Waals surface area contributed by atoms with Gasteiger partial charge in [0.15, 0.2) is 5.82 Å². The van der Waals surface area contributed by atoms with Crippen molar-refractivity contribution >= 4 is 5.97 Å². The van der Waals surface area contributed by atoms with E-state index in [1.807, 2.05) is 13.8 Å². The number of rotatable bonds is 3. The normalized spacial score (nSPS) is 12.8. The lowest BCUT2D eigenvalue weighted by Gasteiger charge is -2.12. The largest absolute Gasteiger partial charge is 0.490 e. The molecule has 0 aliphatic carbocycles. The summed E-state index contributed by atoms with van der Waals surface area (Å²) in [6.45, 7) is 4.03. The van der Waals surface area contributed by atoms with E-state index in [1.54, 1.807) is 0 Å². The van der Waals surface area contributed by atoms with Crippen molar-refractivity contribution in [3.63, 3.8) is 0 Å². The first-order valence-corrected chi connectivity index (χ1v) is 5.14. The molecule has 0 fully saturated rings. The number of nitrogens with zero attached hydrogens (tertiary/aromatic N) is 1. The maximum absolute atomic E-state index is 10.6. The summed E-state index contributed by atoms with van der Waals surface area (Å²) in [5.74, 6) is -2.40. The van der Waals surface area contributed by atoms with Crippen molar-refractivity contribution in [2.45, 2.75) is 32.5 Å². The number of hydrogen-bond donors (Lipinski definition) is 3. The number of carbonyl (C=O) groups is 1. The second kappa shape index (κ2) is 6.92. The summed E-state index contributed by atoms with van der Waals surface area (Å²) in [4.78, 5) is 21.9. The van der Waals surface area contributed by atoms with E-state index in [0.29, 0.717) is 18.2 Å². The maximum Gasteiger partial charge on any atom is 0.490 e. The first-order chi connectivity index (χ1) is 8.54. The Balaban J connectivity index is 0.000000399. The molecule has 110 valence electrons. The van der Waals surface area contributed by atoms with Crippen LogP contribution < -0.4 is 11.5 Å². The van der Waals surface area contributed by atoms with Crippen molar-refractivity contribution in [1.29, 1.82) is 0 Å². The molecule has 10 heteroatoms. The van der Waals surface area contributed by atoms with E-state index in [2.05, 4.69) is 14.7 Å². The second-order valence-corrected chi connectivity index (χ2v) is 3.96. The Morgan fingerprint density at radius 3 is 2.26 bits per heavy atom. The van der Waals surface area contributed by atoms with Crippen LogP contribution in [0.1, 0.15) is 19.7 Å². The Morgan fingerprint density at radius 2 is 2.00 bits per heavy atom. The zero-order chi connectivity index (χ0) is 15.2. The third kappa shape index (κ3) is 7.24. The molecule has 1 atom stereocenters. The van der Waals surface area contributed by atoms with Gasteiger partial charge in [0, 0.05) is 12.5 Å². The van der Waals surface area contributed by atoms with Gasteiger partial charge in [-0.25, -0.2) is 9.59 Å². The van der Waals surface area contributed by atoms with Gasteiger partial charge in [0.25, 0.3) is 0 Å². The van der Waals surface area contributed by atoms with Crippen molar-refractivity contribution in [2.75, 3.05) is 0 Å². The summed E-state index contributed by atoms with van der Waals surface area (Å²) in [5, 5.41) is 10.6. The van der Waals surface area contributed by atoms with Crippen LogP contribution in [-0.2, 0) is 11.2 Å². The third-order valence-corrected chi connectivity index (χ3v) is 2.01. The van der Waals surface area contributed by atoms with Crippen LogP contribution in [0.4, 0.5) is 13.2 Å². The number of alkyl halides is 3. The van der Waals surface area contributed by atoms with Crippen LogP contribution in [0.2, 0.25) is 0 Å². The van der Waals surface area contributed by atoms with Crippen LogP contribution in [0.3, 0.4) is 0 Å². The van der Waals surface area contributed by atoms with Gasteiger partial charge in [-0.1, -0.05) is 19.0 Å². The molecule has 0 saturated carbocycles. The Morgan fingerprint density at radius 1 is 1.53 bits per heavy atom. The third-order valence-electron chi connectivity index (χ3n) is 2.01. The lowest BCUT2D eigenvalue weighted by atomic mass is 10.0. The zero-order valence-electron chi connectivity index (χ0n) is 10.2. The number of aliphatic carboxylic acids is 1. The van der Waals surface area contributed by atoms with Crippen molar-refractivity contribution < 1.29 is 27.6 Å². The quantitative estimate of drug-likeness (QED) is 0.744. The van der Waals surface area contributed by atoms with Gasteiger partial charge >= 0.3 is 17.9 Å². The summed E-state index contributed by atoms with van der Waals surface area (Å²) in [7, 11) is 0. The first kappa shape index (κ1) is 17.2. The predicted octanol–water partition coefficient (Wildman–Crippen LogP) is 0.522. The van der Waals surface area contributed by atoms with Crippen molar-refractivity contribution in [2.24, 2.45) is 11.7 Å². The van der Waals surface area contributed by atoms with Crippen molar-refractivity contribution in [3.05, 3.63) is 16.4 Å². The highest BCUT2D eigenvalue weighted by Gasteiger charge is 2.38. The van der Waals surface area contributed by atoms with E-state index in [9.17, 15) is 18.0 Å². The van der Waals surface area contributed by atoms with E-state index in [-0.39, 0.29) is 6.04 Å². The molecule has 0 spiro atoms. The van der Waals surface area contributed by atoms with Crippen LogP contribution in [0.25, 0.3) is 0 Å². The van der Waals surface area contributed by atoms with Gasteiger partial charge in [-0.2, -0.15) is 13.2 Å². The highest BCUT2D eigenvalue weighted by atomic mass is 19.4. The predicted molar refractivity (Wildman–Crippen MR) is 57.3 cm³/mol. The molecule has 1 unspecified atom stereocenters. The molecule has 1 rings (SSSR count). The average Bonchev–Trinajstić information content (AvgIpc) is 2.63. The molecule has 0 bridgehead atoms. The number of nitrogens with two attached hydrogens (primary N) is 1. The lowest BCUT2D eigenvalue weighted by molar-refractivity contribution is -0.192. The Labute approximate surface area is 105 Å². The molecule has 0 aliphatic heterocycles. The van der Waals surface area contributed by atoms with Crippen molar-refractivity contribution in [3.8, 4) is 0 Å². The summed E-state index contributed by atoms with van der Waals surface area (Å²) >= 11 is 0. The van der Waals surface area contributed by atoms with Gasteiger partial charge in [0.1, 0.15) is 0 Å².